The normalized spacial score (nSPS) is 18.3. The molecular weight excluding hydrogens is 416 g/mol. The van der Waals surface area contributed by atoms with E-state index in [2.05, 4.69) is 21.7 Å². The number of benzene rings is 1. The summed E-state index contributed by atoms with van der Waals surface area (Å²) in [4.78, 5) is 17.4. The van der Waals surface area contributed by atoms with Crippen LogP contribution in [-0.2, 0) is 18.3 Å². The molecule has 0 bridgehead atoms. The van der Waals surface area contributed by atoms with Crippen molar-refractivity contribution in [1.29, 1.82) is 5.41 Å². The summed E-state index contributed by atoms with van der Waals surface area (Å²) in [5.41, 5.74) is 5.04. The second kappa shape index (κ2) is 10.1. The van der Waals surface area contributed by atoms with Gasteiger partial charge < -0.3 is 24.5 Å². The third-order valence-electron chi connectivity index (χ3n) is 6.30. The van der Waals surface area contributed by atoms with Crippen molar-refractivity contribution in [3.63, 3.8) is 0 Å². The Hall–Kier alpha value is -3.23. The summed E-state index contributed by atoms with van der Waals surface area (Å²) in [5, 5.41) is 14.8. The molecule has 0 saturated carbocycles. The molecule has 1 aliphatic heterocycles. The third-order valence-corrected chi connectivity index (χ3v) is 6.30. The van der Waals surface area contributed by atoms with Gasteiger partial charge in [0.25, 0.3) is 5.91 Å². The van der Waals surface area contributed by atoms with Crippen LogP contribution in [0, 0.1) is 12.3 Å². The van der Waals surface area contributed by atoms with Crippen LogP contribution in [0.5, 0.6) is 0 Å². The van der Waals surface area contributed by atoms with Crippen LogP contribution in [0.3, 0.4) is 0 Å². The van der Waals surface area contributed by atoms with Crippen molar-refractivity contribution in [3.05, 3.63) is 71.4 Å². The Bertz CT molecular complexity index is 1180. The molecule has 0 radical (unpaired) electrons. The van der Waals surface area contributed by atoms with Crippen molar-refractivity contribution in [3.8, 4) is 11.1 Å². The molecule has 1 fully saturated rings. The minimum Gasteiger partial charge on any atom is -0.381 e. The predicted octanol–water partition coefficient (Wildman–Crippen LogP) is 2.22. The number of nitrogens with zero attached hydrogens (tertiary/aromatic N) is 3. The lowest BCUT2D eigenvalue weighted by Gasteiger charge is -2.29. The largest absolute Gasteiger partial charge is 0.381 e. The maximum Gasteiger partial charge on any atom is 0.251 e. The van der Waals surface area contributed by atoms with Crippen LogP contribution < -0.4 is 16.3 Å². The Morgan fingerprint density at radius 1 is 1.33 bits per heavy atom. The summed E-state index contributed by atoms with van der Waals surface area (Å²) in [6, 6.07) is 8.11. The number of aryl methyl sites for hydroxylation is 2. The van der Waals surface area contributed by atoms with Gasteiger partial charge in [-0.1, -0.05) is 0 Å². The molecule has 1 aromatic carbocycles. The lowest BCUT2D eigenvalue weighted by atomic mass is 9.97. The lowest BCUT2D eigenvalue weighted by Crippen LogP contribution is -2.47. The number of amides is 1. The van der Waals surface area contributed by atoms with Crippen LogP contribution >= 0.6 is 0 Å². The summed E-state index contributed by atoms with van der Waals surface area (Å²) < 4.78 is 9.11. The van der Waals surface area contributed by atoms with Gasteiger partial charge in [0.05, 0.1) is 12.6 Å². The van der Waals surface area contributed by atoms with Gasteiger partial charge in [-0.25, -0.2) is 0 Å². The van der Waals surface area contributed by atoms with Gasteiger partial charge in [-0.3, -0.25) is 15.2 Å². The predicted molar refractivity (Wildman–Crippen MR) is 127 cm³/mol. The first kappa shape index (κ1) is 22.9. The maximum absolute atomic E-state index is 13.2. The molecule has 3 N–H and O–H groups in total. The number of hydrogen-bond acceptors (Lipinski definition) is 5. The fraction of sp³-hybridized carbons (Fsp3) is 0.400. The first-order valence-corrected chi connectivity index (χ1v) is 11.3. The van der Waals surface area contributed by atoms with Crippen LogP contribution in [0.15, 0.2) is 49.1 Å². The Balaban J connectivity index is 1.60. The van der Waals surface area contributed by atoms with Crippen molar-refractivity contribution < 1.29 is 9.53 Å². The van der Waals surface area contributed by atoms with Crippen LogP contribution in [0.4, 0.5) is 0 Å². The van der Waals surface area contributed by atoms with Crippen molar-refractivity contribution in [2.75, 3.05) is 20.2 Å². The van der Waals surface area contributed by atoms with E-state index in [1.54, 1.807) is 17.9 Å². The van der Waals surface area contributed by atoms with E-state index in [0.717, 1.165) is 41.6 Å². The van der Waals surface area contributed by atoms with Gasteiger partial charge in [0.15, 0.2) is 0 Å². The SMILES string of the molecule is COC1CCNC(CNC(=O)c2cc(Cn3ccn(C)c3=N)cc(-c3ccncc3C)c2)C1. The standard InChI is InChI=1S/C25H32N6O2/c1-17-14-27-6-5-23(17)19-10-18(16-31-9-8-30(2)25(31)26)11-20(12-19)24(32)29-15-21-13-22(33-3)4-7-28-21/h5-6,8-12,14,21-22,26,28H,4,7,13,15-16H2,1-3H3,(H,29,32). The molecule has 4 rings (SSSR count). The second-order valence-corrected chi connectivity index (χ2v) is 8.71. The molecule has 1 aliphatic rings. The number of hydrogen-bond donors (Lipinski definition) is 3. The van der Waals surface area contributed by atoms with E-state index >= 15 is 0 Å². The first-order chi connectivity index (χ1) is 15.9. The highest BCUT2D eigenvalue weighted by molar-refractivity contribution is 5.96. The third kappa shape index (κ3) is 5.40. The van der Waals surface area contributed by atoms with Gasteiger partial charge in [-0.05, 0) is 72.8 Å². The first-order valence-electron chi connectivity index (χ1n) is 11.3. The highest BCUT2D eigenvalue weighted by Gasteiger charge is 2.22. The summed E-state index contributed by atoms with van der Waals surface area (Å²) in [7, 11) is 3.59. The molecule has 8 nitrogen and oxygen atoms in total. The highest BCUT2D eigenvalue weighted by atomic mass is 16.5. The van der Waals surface area contributed by atoms with Crippen molar-refractivity contribution >= 4 is 5.91 Å². The number of rotatable bonds is 7. The number of methoxy groups -OCH3 is 1. The van der Waals surface area contributed by atoms with E-state index in [1.165, 1.54) is 0 Å². The van der Waals surface area contributed by atoms with Crippen molar-refractivity contribution in [2.45, 2.75) is 38.5 Å². The van der Waals surface area contributed by atoms with E-state index in [1.807, 2.05) is 55.3 Å². The van der Waals surface area contributed by atoms with Gasteiger partial charge in [-0.15, -0.1) is 0 Å². The van der Waals surface area contributed by atoms with Crippen LogP contribution in [0.25, 0.3) is 11.1 Å². The van der Waals surface area contributed by atoms with E-state index < -0.39 is 0 Å². The molecule has 8 heteroatoms. The highest BCUT2D eigenvalue weighted by Crippen LogP contribution is 2.25. The molecule has 33 heavy (non-hydrogen) atoms. The van der Waals surface area contributed by atoms with E-state index in [-0.39, 0.29) is 18.1 Å². The number of carbonyl (C=O) groups excluding carboxylic acids is 1. The molecule has 0 aliphatic carbocycles. The Labute approximate surface area is 194 Å². The minimum absolute atomic E-state index is 0.102. The molecule has 3 aromatic rings. The molecule has 3 heterocycles. The number of piperidine rings is 1. The Kier molecular flexibility index (Phi) is 7.05. The number of imidazole rings is 1. The molecule has 1 amide bonds. The van der Waals surface area contributed by atoms with Crippen molar-refractivity contribution in [1.82, 2.24) is 24.8 Å². The van der Waals surface area contributed by atoms with Gasteiger partial charge in [-0.2, -0.15) is 0 Å². The van der Waals surface area contributed by atoms with E-state index in [0.29, 0.717) is 24.3 Å². The number of pyridine rings is 1. The van der Waals surface area contributed by atoms with Crippen LogP contribution in [0.1, 0.15) is 34.3 Å². The zero-order valence-electron chi connectivity index (χ0n) is 19.5. The molecule has 2 unspecified atom stereocenters. The molecule has 2 atom stereocenters. The maximum atomic E-state index is 13.2. The summed E-state index contributed by atoms with van der Waals surface area (Å²) in [6.45, 7) is 3.97. The Morgan fingerprint density at radius 2 is 2.18 bits per heavy atom. The molecule has 2 aromatic heterocycles. The number of ether oxygens (including phenoxy) is 1. The van der Waals surface area contributed by atoms with Gasteiger partial charge in [0.1, 0.15) is 0 Å². The fourth-order valence-corrected chi connectivity index (χ4v) is 4.37. The topological polar surface area (TPSA) is 97.0 Å². The van der Waals surface area contributed by atoms with Crippen LogP contribution in [0.2, 0.25) is 0 Å². The van der Waals surface area contributed by atoms with Crippen LogP contribution in [-0.4, -0.2) is 52.4 Å². The average Bonchev–Trinajstić information content (AvgIpc) is 3.15. The lowest BCUT2D eigenvalue weighted by molar-refractivity contribution is 0.0611. The van der Waals surface area contributed by atoms with Gasteiger partial charge in [0, 0.05) is 57.1 Å². The summed E-state index contributed by atoms with van der Waals surface area (Å²) in [5.74, 6) is -0.102. The number of aromatic nitrogens is 3. The zero-order valence-corrected chi connectivity index (χ0v) is 19.5. The summed E-state index contributed by atoms with van der Waals surface area (Å²) >= 11 is 0. The number of nitrogens with one attached hydrogen (secondary N) is 3. The van der Waals surface area contributed by atoms with E-state index in [9.17, 15) is 4.79 Å². The fourth-order valence-electron chi connectivity index (χ4n) is 4.37. The summed E-state index contributed by atoms with van der Waals surface area (Å²) in [6.07, 6.45) is 9.45. The average molecular weight is 449 g/mol. The monoisotopic (exact) mass is 448 g/mol. The van der Waals surface area contributed by atoms with Gasteiger partial charge >= 0.3 is 0 Å². The molecular formula is C25H32N6O2. The molecule has 0 spiro atoms. The molecule has 1 saturated heterocycles. The second-order valence-electron chi connectivity index (χ2n) is 8.71. The zero-order chi connectivity index (χ0) is 23.4. The Morgan fingerprint density at radius 3 is 2.91 bits per heavy atom. The van der Waals surface area contributed by atoms with E-state index in [4.69, 9.17) is 10.1 Å². The number of carbonyl (C=O) groups is 1. The molecule has 174 valence electrons. The minimum atomic E-state index is -0.102. The van der Waals surface area contributed by atoms with Gasteiger partial charge in [0.2, 0.25) is 5.62 Å². The smallest absolute Gasteiger partial charge is 0.251 e. The van der Waals surface area contributed by atoms with Crippen molar-refractivity contribution in [2.24, 2.45) is 7.05 Å². The quantitative estimate of drug-likeness (QED) is 0.516.